The predicted molar refractivity (Wildman–Crippen MR) is 40.7 cm³/mol. The number of carbonyl (C=O) groups is 1. The molecule has 1 heterocycles. The van der Waals surface area contributed by atoms with Crippen molar-refractivity contribution in [2.45, 2.75) is 26.3 Å². The lowest BCUT2D eigenvalue weighted by Crippen LogP contribution is -2.10. The first-order valence-corrected chi connectivity index (χ1v) is 3.76. The van der Waals surface area contributed by atoms with Gasteiger partial charge in [-0.15, -0.1) is 5.10 Å². The summed E-state index contributed by atoms with van der Waals surface area (Å²) < 4.78 is 25.2. The van der Waals surface area contributed by atoms with Crippen LogP contribution < -0.4 is 0 Å². The number of rotatable bonds is 3. The number of halogens is 2. The van der Waals surface area contributed by atoms with Crippen molar-refractivity contribution in [1.29, 1.82) is 0 Å². The number of nitrogens with zero attached hydrogens (tertiary/aromatic N) is 3. The van der Waals surface area contributed by atoms with Gasteiger partial charge in [0.05, 0.1) is 6.20 Å². The molecule has 4 nitrogen and oxygen atoms in total. The Morgan fingerprint density at radius 3 is 2.54 bits per heavy atom. The second-order valence-corrected chi connectivity index (χ2v) is 2.84. The van der Waals surface area contributed by atoms with Crippen LogP contribution in [-0.2, 0) is 0 Å². The molecule has 0 bridgehead atoms. The minimum atomic E-state index is -3.02. The maximum atomic E-state index is 11.9. The van der Waals surface area contributed by atoms with E-state index in [2.05, 4.69) is 10.3 Å². The van der Waals surface area contributed by atoms with E-state index in [-0.39, 0.29) is 11.7 Å². The van der Waals surface area contributed by atoms with Crippen molar-refractivity contribution in [2.75, 3.05) is 0 Å². The van der Waals surface area contributed by atoms with E-state index in [0.717, 1.165) is 0 Å². The molecular weight excluding hydrogens is 180 g/mol. The Morgan fingerprint density at radius 1 is 1.54 bits per heavy atom. The van der Waals surface area contributed by atoms with Crippen LogP contribution in [0.5, 0.6) is 0 Å². The Morgan fingerprint density at radius 2 is 2.15 bits per heavy atom. The van der Waals surface area contributed by atoms with Gasteiger partial charge in [-0.3, -0.25) is 4.79 Å². The van der Waals surface area contributed by atoms with E-state index in [1.807, 2.05) is 13.8 Å². The smallest absolute Gasteiger partial charge is 0.286 e. The number of ketones is 1. The third kappa shape index (κ3) is 2.07. The molecule has 0 amide bonds. The van der Waals surface area contributed by atoms with Gasteiger partial charge in [0.1, 0.15) is 0 Å². The molecule has 0 N–H and O–H groups in total. The normalized spacial score (nSPS) is 11.2. The van der Waals surface area contributed by atoms with E-state index in [1.54, 1.807) is 0 Å². The monoisotopic (exact) mass is 189 g/mol. The van der Waals surface area contributed by atoms with Gasteiger partial charge in [0.2, 0.25) is 0 Å². The second kappa shape index (κ2) is 3.59. The molecule has 1 rings (SSSR count). The molecule has 0 aliphatic carbocycles. The fraction of sp³-hybridized carbons (Fsp3) is 0.571. The fourth-order valence-electron chi connectivity index (χ4n) is 0.754. The Hall–Kier alpha value is -1.33. The minimum absolute atomic E-state index is 0.00622. The van der Waals surface area contributed by atoms with Gasteiger partial charge in [-0.2, -0.15) is 0 Å². The zero-order valence-corrected chi connectivity index (χ0v) is 7.24. The molecule has 0 saturated carbocycles. The van der Waals surface area contributed by atoms with Crippen molar-refractivity contribution in [2.24, 2.45) is 0 Å². The van der Waals surface area contributed by atoms with Crippen LogP contribution in [0.25, 0.3) is 0 Å². The van der Waals surface area contributed by atoms with Crippen molar-refractivity contribution in [3.05, 3.63) is 11.9 Å². The average molecular weight is 189 g/mol. The highest BCUT2D eigenvalue weighted by Gasteiger charge is 2.21. The van der Waals surface area contributed by atoms with Crippen LogP contribution in [0.15, 0.2) is 6.20 Å². The van der Waals surface area contributed by atoms with Crippen LogP contribution >= 0.6 is 0 Å². The maximum Gasteiger partial charge on any atom is 0.302 e. The van der Waals surface area contributed by atoms with Crippen molar-refractivity contribution in [3.8, 4) is 0 Å². The van der Waals surface area contributed by atoms with Crippen LogP contribution in [0.3, 0.4) is 0 Å². The van der Waals surface area contributed by atoms with Crippen molar-refractivity contribution in [3.63, 3.8) is 0 Å². The summed E-state index contributed by atoms with van der Waals surface area (Å²) >= 11 is 0. The molecule has 0 fully saturated rings. The quantitative estimate of drug-likeness (QED) is 0.673. The van der Waals surface area contributed by atoms with E-state index in [4.69, 9.17) is 0 Å². The SMILES string of the molecule is CC(C)n1cc(C(=O)C(F)F)nn1. The van der Waals surface area contributed by atoms with Crippen LogP contribution in [0.4, 0.5) is 8.78 Å². The highest BCUT2D eigenvalue weighted by molar-refractivity contribution is 5.96. The van der Waals surface area contributed by atoms with E-state index in [1.165, 1.54) is 10.9 Å². The van der Waals surface area contributed by atoms with E-state index >= 15 is 0 Å². The molecule has 0 radical (unpaired) electrons. The molecule has 0 saturated heterocycles. The van der Waals surface area contributed by atoms with Gasteiger partial charge >= 0.3 is 6.43 Å². The van der Waals surface area contributed by atoms with Gasteiger partial charge in [-0.1, -0.05) is 5.21 Å². The summed E-state index contributed by atoms with van der Waals surface area (Å²) in [5.41, 5.74) is -0.288. The minimum Gasteiger partial charge on any atom is -0.286 e. The number of hydrogen-bond acceptors (Lipinski definition) is 3. The summed E-state index contributed by atoms with van der Waals surface area (Å²) in [6.07, 6.45) is -1.79. The molecule has 72 valence electrons. The summed E-state index contributed by atoms with van der Waals surface area (Å²) in [5.74, 6) is -1.29. The summed E-state index contributed by atoms with van der Waals surface area (Å²) in [6.45, 7) is 3.62. The van der Waals surface area contributed by atoms with Crippen molar-refractivity contribution < 1.29 is 13.6 Å². The van der Waals surface area contributed by atoms with Crippen LogP contribution in [0.1, 0.15) is 30.4 Å². The van der Waals surface area contributed by atoms with Gasteiger partial charge in [0, 0.05) is 6.04 Å². The molecule has 0 aliphatic heterocycles. The van der Waals surface area contributed by atoms with E-state index in [9.17, 15) is 13.6 Å². The zero-order valence-electron chi connectivity index (χ0n) is 7.24. The van der Waals surface area contributed by atoms with Crippen molar-refractivity contribution >= 4 is 5.78 Å². The lowest BCUT2D eigenvalue weighted by molar-refractivity contribution is 0.0673. The largest absolute Gasteiger partial charge is 0.302 e. The van der Waals surface area contributed by atoms with Gasteiger partial charge in [-0.25, -0.2) is 13.5 Å². The van der Waals surface area contributed by atoms with E-state index < -0.39 is 12.2 Å². The summed E-state index contributed by atoms with van der Waals surface area (Å²) in [5, 5.41) is 6.87. The molecule has 13 heavy (non-hydrogen) atoms. The number of alkyl halides is 2. The van der Waals surface area contributed by atoms with Gasteiger partial charge in [0.25, 0.3) is 5.78 Å². The lowest BCUT2D eigenvalue weighted by atomic mass is 10.3. The average Bonchev–Trinajstić information content (AvgIpc) is 2.50. The Kier molecular flexibility index (Phi) is 2.69. The molecule has 0 atom stereocenters. The predicted octanol–water partition coefficient (Wildman–Crippen LogP) is 1.31. The molecule has 1 aromatic rings. The lowest BCUT2D eigenvalue weighted by Gasteiger charge is -2.00. The van der Waals surface area contributed by atoms with Gasteiger partial charge in [0.15, 0.2) is 5.69 Å². The number of Topliss-reactive ketones (excluding diaryl/α,β-unsaturated/α-hetero) is 1. The van der Waals surface area contributed by atoms with Crippen LogP contribution in [0, 0.1) is 0 Å². The molecule has 6 heteroatoms. The summed E-state index contributed by atoms with van der Waals surface area (Å²) in [4.78, 5) is 10.7. The molecule has 0 aromatic carbocycles. The van der Waals surface area contributed by atoms with Crippen molar-refractivity contribution in [1.82, 2.24) is 15.0 Å². The van der Waals surface area contributed by atoms with Gasteiger partial charge in [-0.05, 0) is 13.8 Å². The topological polar surface area (TPSA) is 47.8 Å². The Bertz CT molecular complexity index is 308. The number of carbonyl (C=O) groups excluding carboxylic acids is 1. The molecule has 1 aromatic heterocycles. The molecule has 0 spiro atoms. The second-order valence-electron chi connectivity index (χ2n) is 2.84. The first-order valence-electron chi connectivity index (χ1n) is 3.76. The Balaban J connectivity index is 2.86. The van der Waals surface area contributed by atoms with Gasteiger partial charge < -0.3 is 0 Å². The Labute approximate surface area is 73.5 Å². The molecule has 0 aliphatic rings. The third-order valence-corrected chi connectivity index (χ3v) is 1.49. The number of aromatic nitrogens is 3. The standard InChI is InChI=1S/C7H9F2N3O/c1-4(2)12-3-5(10-11-12)6(13)7(8)9/h3-4,7H,1-2H3. The van der Waals surface area contributed by atoms with Crippen LogP contribution in [-0.4, -0.2) is 27.2 Å². The van der Waals surface area contributed by atoms with E-state index in [0.29, 0.717) is 0 Å². The maximum absolute atomic E-state index is 11.9. The first-order chi connectivity index (χ1) is 6.02. The third-order valence-electron chi connectivity index (χ3n) is 1.49. The molecular formula is C7H9F2N3O. The fourth-order valence-corrected chi connectivity index (χ4v) is 0.754. The molecule has 0 unspecified atom stereocenters. The van der Waals surface area contributed by atoms with Crippen LogP contribution in [0.2, 0.25) is 0 Å². The highest BCUT2D eigenvalue weighted by atomic mass is 19.3. The first kappa shape index (κ1) is 9.76. The zero-order chi connectivity index (χ0) is 10.0. The highest BCUT2D eigenvalue weighted by Crippen LogP contribution is 2.07. The summed E-state index contributed by atoms with van der Waals surface area (Å²) in [6, 6.07) is 0.00622. The summed E-state index contributed by atoms with van der Waals surface area (Å²) in [7, 11) is 0. The number of hydrogen-bond donors (Lipinski definition) is 0.